The number of aromatic nitrogens is 1. The maximum atomic E-state index is 12.1. The Hall–Kier alpha value is -3.72. The van der Waals surface area contributed by atoms with Gasteiger partial charge in [-0.05, 0) is 42.3 Å². The van der Waals surface area contributed by atoms with E-state index in [2.05, 4.69) is 15.6 Å². The third kappa shape index (κ3) is 4.41. The second-order valence-electron chi connectivity index (χ2n) is 6.23. The number of nitro benzene ring substituents is 1. The van der Waals surface area contributed by atoms with Crippen LogP contribution in [0.4, 0.5) is 16.5 Å². The van der Waals surface area contributed by atoms with Gasteiger partial charge in [-0.2, -0.15) is 0 Å². The minimum absolute atomic E-state index is 0.0901. The zero-order chi connectivity index (χ0) is 20.2. The zero-order valence-electron chi connectivity index (χ0n) is 15.1. The van der Waals surface area contributed by atoms with E-state index in [1.165, 1.54) is 29.7 Å². The van der Waals surface area contributed by atoms with Gasteiger partial charge in [0.1, 0.15) is 0 Å². The van der Waals surface area contributed by atoms with Crippen molar-refractivity contribution in [1.82, 2.24) is 4.98 Å². The number of carbonyl (C=O) groups excluding carboxylic acids is 1. The summed E-state index contributed by atoms with van der Waals surface area (Å²) in [6.45, 7) is 0.685. The zero-order valence-corrected chi connectivity index (χ0v) is 15.9. The summed E-state index contributed by atoms with van der Waals surface area (Å²) in [4.78, 5) is 26.8. The average molecular weight is 408 g/mol. The summed E-state index contributed by atoms with van der Waals surface area (Å²) in [5.74, 6) is -0.103. The summed E-state index contributed by atoms with van der Waals surface area (Å²) in [5.41, 5.74) is 2.84. The molecule has 0 aliphatic carbocycles. The van der Waals surface area contributed by atoms with E-state index in [9.17, 15) is 14.9 Å². The first kappa shape index (κ1) is 18.6. The Kier molecular flexibility index (Phi) is 5.21. The van der Waals surface area contributed by atoms with Gasteiger partial charge in [-0.15, -0.1) is 0 Å². The molecular formula is C20H16N4O4S. The molecule has 0 atom stereocenters. The molecule has 2 N–H and O–H groups in total. The van der Waals surface area contributed by atoms with Crippen LogP contribution in [0.3, 0.4) is 0 Å². The molecule has 0 saturated carbocycles. The number of thiazole rings is 1. The Morgan fingerprint density at radius 2 is 2.00 bits per heavy atom. The number of fused-ring (bicyclic) bond motifs is 1. The fourth-order valence-corrected chi connectivity index (χ4v) is 3.69. The summed E-state index contributed by atoms with van der Waals surface area (Å²) >= 11 is 1.38. The highest BCUT2D eigenvalue weighted by atomic mass is 32.1. The molecular weight excluding hydrogens is 392 g/mol. The van der Waals surface area contributed by atoms with Crippen LogP contribution in [0.15, 0.2) is 65.3 Å². The third-order valence-electron chi connectivity index (χ3n) is 4.24. The number of nitrogens with zero attached hydrogens (tertiary/aromatic N) is 2. The second-order valence-corrected chi connectivity index (χ2v) is 7.26. The molecule has 4 rings (SSSR count). The number of rotatable bonds is 7. The highest BCUT2D eigenvalue weighted by Gasteiger charge is 2.12. The van der Waals surface area contributed by atoms with Gasteiger partial charge >= 0.3 is 0 Å². The lowest BCUT2D eigenvalue weighted by Gasteiger charge is -2.06. The maximum Gasteiger partial charge on any atom is 0.293 e. The van der Waals surface area contributed by atoms with Crippen molar-refractivity contribution in [3.8, 4) is 0 Å². The van der Waals surface area contributed by atoms with Gasteiger partial charge in [0.15, 0.2) is 10.9 Å². The van der Waals surface area contributed by atoms with Crippen LogP contribution in [-0.4, -0.2) is 22.4 Å². The quantitative estimate of drug-likeness (QED) is 0.339. The van der Waals surface area contributed by atoms with Crippen LogP contribution in [0.1, 0.15) is 16.1 Å². The minimum Gasteiger partial charge on any atom is -0.459 e. The average Bonchev–Trinajstić information content (AvgIpc) is 3.37. The van der Waals surface area contributed by atoms with Crippen LogP contribution in [0.5, 0.6) is 0 Å². The lowest BCUT2D eigenvalue weighted by Crippen LogP contribution is -2.10. The Balaban J connectivity index is 1.37. The molecule has 0 spiro atoms. The first-order valence-electron chi connectivity index (χ1n) is 8.81. The highest BCUT2D eigenvalue weighted by Crippen LogP contribution is 2.28. The van der Waals surface area contributed by atoms with Crippen molar-refractivity contribution in [2.24, 2.45) is 0 Å². The Bertz CT molecular complexity index is 1150. The van der Waals surface area contributed by atoms with E-state index in [0.717, 1.165) is 27.9 Å². The summed E-state index contributed by atoms with van der Waals surface area (Å²) in [6, 6.07) is 15.6. The molecule has 0 saturated heterocycles. The van der Waals surface area contributed by atoms with E-state index in [1.54, 1.807) is 24.3 Å². The molecule has 0 fully saturated rings. The summed E-state index contributed by atoms with van der Waals surface area (Å²) in [5, 5.41) is 17.3. The second kappa shape index (κ2) is 8.11. The van der Waals surface area contributed by atoms with Crippen molar-refractivity contribution in [2.45, 2.75) is 6.42 Å². The van der Waals surface area contributed by atoms with Gasteiger partial charge in [0.05, 0.1) is 21.4 Å². The lowest BCUT2D eigenvalue weighted by atomic mass is 10.1. The van der Waals surface area contributed by atoms with Gasteiger partial charge in [-0.3, -0.25) is 20.2 Å². The van der Waals surface area contributed by atoms with Crippen molar-refractivity contribution in [3.63, 3.8) is 0 Å². The van der Waals surface area contributed by atoms with E-state index in [1.807, 2.05) is 18.2 Å². The molecule has 146 valence electrons. The Morgan fingerprint density at radius 3 is 2.72 bits per heavy atom. The van der Waals surface area contributed by atoms with Crippen molar-refractivity contribution >= 4 is 44.0 Å². The number of furan rings is 1. The molecule has 1 amide bonds. The SMILES string of the molecule is O=C(Nc1nc2ccc(NCCc3ccc([N+](=O)[O-])cc3)cc2s1)c1ccco1. The number of non-ortho nitro benzene ring substituents is 1. The molecule has 29 heavy (non-hydrogen) atoms. The Morgan fingerprint density at radius 1 is 1.17 bits per heavy atom. The fourth-order valence-electron chi connectivity index (χ4n) is 2.79. The number of benzene rings is 2. The standard InChI is InChI=1S/C20H16N4O4S/c25-19(17-2-1-11-28-17)23-20-22-16-8-5-14(12-18(16)29-20)21-10-9-13-3-6-15(7-4-13)24(26)27/h1-8,11-12,21H,9-10H2,(H,22,23,25). The van der Waals surface area contributed by atoms with E-state index >= 15 is 0 Å². The molecule has 0 aliphatic rings. The van der Waals surface area contributed by atoms with Crippen LogP contribution in [0, 0.1) is 10.1 Å². The van der Waals surface area contributed by atoms with Crippen LogP contribution < -0.4 is 10.6 Å². The molecule has 0 bridgehead atoms. The Labute approximate surface area is 169 Å². The summed E-state index contributed by atoms with van der Waals surface area (Å²) in [7, 11) is 0. The third-order valence-corrected chi connectivity index (χ3v) is 5.18. The first-order valence-corrected chi connectivity index (χ1v) is 9.63. The van der Waals surface area contributed by atoms with Crippen molar-refractivity contribution < 1.29 is 14.1 Å². The predicted octanol–water partition coefficient (Wildman–Crippen LogP) is 4.70. The smallest absolute Gasteiger partial charge is 0.293 e. The van der Waals surface area contributed by atoms with Crippen molar-refractivity contribution in [1.29, 1.82) is 0 Å². The first-order chi connectivity index (χ1) is 14.1. The molecule has 0 radical (unpaired) electrons. The van der Waals surface area contributed by atoms with E-state index in [4.69, 9.17) is 4.42 Å². The number of nitro groups is 1. The van der Waals surface area contributed by atoms with Gasteiger partial charge < -0.3 is 9.73 Å². The van der Waals surface area contributed by atoms with Gasteiger partial charge in [-0.1, -0.05) is 23.5 Å². The van der Waals surface area contributed by atoms with Crippen molar-refractivity contribution in [2.75, 3.05) is 17.2 Å². The number of anilines is 2. The number of hydrogen-bond donors (Lipinski definition) is 2. The number of amides is 1. The molecule has 4 aromatic rings. The van der Waals surface area contributed by atoms with E-state index < -0.39 is 4.92 Å². The van der Waals surface area contributed by atoms with Crippen LogP contribution in [-0.2, 0) is 6.42 Å². The van der Waals surface area contributed by atoms with E-state index in [0.29, 0.717) is 11.7 Å². The highest BCUT2D eigenvalue weighted by molar-refractivity contribution is 7.22. The number of carbonyl (C=O) groups is 1. The minimum atomic E-state index is -0.405. The largest absolute Gasteiger partial charge is 0.459 e. The van der Waals surface area contributed by atoms with Gasteiger partial charge in [-0.25, -0.2) is 4.98 Å². The van der Waals surface area contributed by atoms with Gasteiger partial charge in [0.2, 0.25) is 0 Å². The van der Waals surface area contributed by atoms with Crippen LogP contribution >= 0.6 is 11.3 Å². The monoisotopic (exact) mass is 408 g/mol. The number of nitrogens with one attached hydrogen (secondary N) is 2. The normalized spacial score (nSPS) is 10.8. The molecule has 2 aromatic carbocycles. The molecule has 2 heterocycles. The van der Waals surface area contributed by atoms with E-state index in [-0.39, 0.29) is 17.4 Å². The molecule has 0 aliphatic heterocycles. The molecule has 2 aromatic heterocycles. The van der Waals surface area contributed by atoms with Crippen molar-refractivity contribution in [3.05, 3.63) is 82.3 Å². The molecule has 8 nitrogen and oxygen atoms in total. The van der Waals surface area contributed by atoms with Gasteiger partial charge in [0.25, 0.3) is 11.6 Å². The summed E-state index contributed by atoms with van der Waals surface area (Å²) in [6.07, 6.45) is 2.19. The summed E-state index contributed by atoms with van der Waals surface area (Å²) < 4.78 is 6.03. The van der Waals surface area contributed by atoms with Crippen LogP contribution in [0.2, 0.25) is 0 Å². The van der Waals surface area contributed by atoms with Gasteiger partial charge in [0, 0.05) is 24.4 Å². The lowest BCUT2D eigenvalue weighted by molar-refractivity contribution is -0.384. The topological polar surface area (TPSA) is 110 Å². The van der Waals surface area contributed by atoms with Crippen LogP contribution in [0.25, 0.3) is 10.2 Å². The maximum absolute atomic E-state index is 12.1. The predicted molar refractivity (Wildman–Crippen MR) is 112 cm³/mol. The molecule has 9 heteroatoms. The molecule has 0 unspecified atom stereocenters. The fraction of sp³-hybridized carbons (Fsp3) is 0.100. The number of hydrogen-bond acceptors (Lipinski definition) is 7.